The lowest BCUT2D eigenvalue weighted by atomic mass is 10.1. The summed E-state index contributed by atoms with van der Waals surface area (Å²) >= 11 is 0. The SMILES string of the molecule is COC(=O)C(O)CNC(=O)/C=C/c1ccc(C)cc1. The van der Waals surface area contributed by atoms with Gasteiger partial charge in [0.25, 0.3) is 0 Å². The average Bonchev–Trinajstić information content (AvgIpc) is 2.43. The van der Waals surface area contributed by atoms with Crippen LogP contribution >= 0.6 is 0 Å². The van der Waals surface area contributed by atoms with Gasteiger partial charge in [-0.3, -0.25) is 4.79 Å². The Labute approximate surface area is 111 Å². The summed E-state index contributed by atoms with van der Waals surface area (Å²) in [7, 11) is 1.17. The standard InChI is InChI=1S/C14H17NO4/c1-10-3-5-11(6-4-10)7-8-13(17)15-9-12(16)14(18)19-2/h3-8,12,16H,9H2,1-2H3,(H,15,17)/b8-7+. The van der Waals surface area contributed by atoms with Crippen LogP contribution in [0.15, 0.2) is 30.3 Å². The molecule has 1 aromatic rings. The van der Waals surface area contributed by atoms with Crippen LogP contribution in [0.4, 0.5) is 0 Å². The van der Waals surface area contributed by atoms with Gasteiger partial charge in [0.15, 0.2) is 6.10 Å². The molecule has 2 N–H and O–H groups in total. The van der Waals surface area contributed by atoms with E-state index in [1.165, 1.54) is 13.2 Å². The maximum atomic E-state index is 11.4. The number of aliphatic hydroxyl groups excluding tert-OH is 1. The van der Waals surface area contributed by atoms with Crippen LogP contribution in [0, 0.1) is 6.92 Å². The van der Waals surface area contributed by atoms with Gasteiger partial charge >= 0.3 is 5.97 Å². The van der Waals surface area contributed by atoms with Crippen molar-refractivity contribution >= 4 is 18.0 Å². The Morgan fingerprint density at radius 2 is 2.00 bits per heavy atom. The van der Waals surface area contributed by atoms with Gasteiger partial charge < -0.3 is 15.2 Å². The first-order valence-corrected chi connectivity index (χ1v) is 5.81. The number of methoxy groups -OCH3 is 1. The molecule has 0 saturated carbocycles. The summed E-state index contributed by atoms with van der Waals surface area (Å²) in [4.78, 5) is 22.3. The van der Waals surface area contributed by atoms with Crippen LogP contribution in [-0.4, -0.2) is 36.7 Å². The van der Waals surface area contributed by atoms with Crippen LogP contribution < -0.4 is 5.32 Å². The van der Waals surface area contributed by atoms with Crippen LogP contribution in [0.2, 0.25) is 0 Å². The summed E-state index contributed by atoms with van der Waals surface area (Å²) in [5.41, 5.74) is 2.04. The highest BCUT2D eigenvalue weighted by molar-refractivity contribution is 5.92. The van der Waals surface area contributed by atoms with E-state index in [0.29, 0.717) is 0 Å². The van der Waals surface area contributed by atoms with Crippen molar-refractivity contribution in [3.05, 3.63) is 41.5 Å². The Kier molecular flexibility index (Phi) is 5.75. The summed E-state index contributed by atoms with van der Waals surface area (Å²) in [6, 6.07) is 7.67. The molecular weight excluding hydrogens is 246 g/mol. The van der Waals surface area contributed by atoms with E-state index in [2.05, 4.69) is 10.1 Å². The minimum Gasteiger partial charge on any atom is -0.467 e. The Morgan fingerprint density at radius 3 is 2.58 bits per heavy atom. The van der Waals surface area contributed by atoms with E-state index in [0.717, 1.165) is 11.1 Å². The van der Waals surface area contributed by atoms with Crippen LogP contribution in [0.1, 0.15) is 11.1 Å². The zero-order chi connectivity index (χ0) is 14.3. The van der Waals surface area contributed by atoms with Crippen molar-refractivity contribution < 1.29 is 19.4 Å². The highest BCUT2D eigenvalue weighted by atomic mass is 16.5. The van der Waals surface area contributed by atoms with E-state index in [1.54, 1.807) is 6.08 Å². The molecule has 19 heavy (non-hydrogen) atoms. The molecule has 0 spiro atoms. The zero-order valence-electron chi connectivity index (χ0n) is 10.9. The number of benzene rings is 1. The molecule has 1 atom stereocenters. The molecule has 0 bridgehead atoms. The van der Waals surface area contributed by atoms with E-state index >= 15 is 0 Å². The van der Waals surface area contributed by atoms with E-state index in [1.807, 2.05) is 31.2 Å². The van der Waals surface area contributed by atoms with E-state index in [-0.39, 0.29) is 12.5 Å². The van der Waals surface area contributed by atoms with Crippen molar-refractivity contribution in [2.75, 3.05) is 13.7 Å². The van der Waals surface area contributed by atoms with Gasteiger partial charge in [-0.05, 0) is 18.6 Å². The molecule has 1 unspecified atom stereocenters. The summed E-state index contributed by atoms with van der Waals surface area (Å²) in [6.07, 6.45) is 1.65. The van der Waals surface area contributed by atoms with E-state index < -0.39 is 12.1 Å². The number of rotatable bonds is 5. The molecule has 1 amide bonds. The van der Waals surface area contributed by atoms with Crippen LogP contribution in [0.25, 0.3) is 6.08 Å². The predicted octanol–water partition coefficient (Wildman–Crippen LogP) is 0.658. The molecule has 0 heterocycles. The van der Waals surface area contributed by atoms with Gasteiger partial charge in [0.05, 0.1) is 13.7 Å². The highest BCUT2D eigenvalue weighted by Crippen LogP contribution is 2.04. The summed E-state index contributed by atoms with van der Waals surface area (Å²) in [6.45, 7) is 1.80. The van der Waals surface area contributed by atoms with E-state index in [4.69, 9.17) is 0 Å². The van der Waals surface area contributed by atoms with Crippen molar-refractivity contribution in [3.63, 3.8) is 0 Å². The lowest BCUT2D eigenvalue weighted by Crippen LogP contribution is -2.36. The number of nitrogens with one attached hydrogen (secondary N) is 1. The van der Waals surface area contributed by atoms with Gasteiger partial charge in [0.1, 0.15) is 0 Å². The molecule has 0 aliphatic heterocycles. The first kappa shape index (κ1) is 14.9. The fourth-order valence-electron chi connectivity index (χ4n) is 1.33. The van der Waals surface area contributed by atoms with Crippen LogP contribution in [0.5, 0.6) is 0 Å². The van der Waals surface area contributed by atoms with Crippen molar-refractivity contribution in [3.8, 4) is 0 Å². The number of carbonyl (C=O) groups excluding carboxylic acids is 2. The third kappa shape index (κ3) is 5.35. The largest absolute Gasteiger partial charge is 0.467 e. The smallest absolute Gasteiger partial charge is 0.336 e. The Bertz CT molecular complexity index is 465. The van der Waals surface area contributed by atoms with Gasteiger partial charge in [-0.15, -0.1) is 0 Å². The third-order valence-electron chi connectivity index (χ3n) is 2.45. The third-order valence-corrected chi connectivity index (χ3v) is 2.45. The first-order chi connectivity index (χ1) is 9.02. The maximum absolute atomic E-state index is 11.4. The van der Waals surface area contributed by atoms with Crippen molar-refractivity contribution in [2.24, 2.45) is 0 Å². The van der Waals surface area contributed by atoms with Crippen molar-refractivity contribution in [1.82, 2.24) is 5.32 Å². The second kappa shape index (κ2) is 7.33. The number of esters is 1. The number of hydrogen-bond donors (Lipinski definition) is 2. The van der Waals surface area contributed by atoms with Crippen molar-refractivity contribution in [1.29, 1.82) is 0 Å². The predicted molar refractivity (Wildman–Crippen MR) is 71.2 cm³/mol. The maximum Gasteiger partial charge on any atom is 0.336 e. The molecule has 5 nitrogen and oxygen atoms in total. The lowest BCUT2D eigenvalue weighted by Gasteiger charge is -2.07. The Balaban J connectivity index is 2.43. The molecule has 0 aliphatic rings. The summed E-state index contributed by atoms with van der Waals surface area (Å²) in [5, 5.41) is 11.7. The number of ether oxygens (including phenoxy) is 1. The molecule has 0 saturated heterocycles. The van der Waals surface area contributed by atoms with E-state index in [9.17, 15) is 14.7 Å². The first-order valence-electron chi connectivity index (χ1n) is 5.81. The fourth-order valence-corrected chi connectivity index (χ4v) is 1.33. The van der Waals surface area contributed by atoms with Crippen molar-refractivity contribution in [2.45, 2.75) is 13.0 Å². The number of hydrogen-bond acceptors (Lipinski definition) is 4. The van der Waals surface area contributed by atoms with Gasteiger partial charge in [-0.25, -0.2) is 4.79 Å². The molecule has 5 heteroatoms. The molecule has 0 fully saturated rings. The normalized spacial score (nSPS) is 12.2. The number of aliphatic hydroxyl groups is 1. The lowest BCUT2D eigenvalue weighted by molar-refractivity contribution is -0.150. The molecule has 0 aromatic heterocycles. The monoisotopic (exact) mass is 263 g/mol. The van der Waals surface area contributed by atoms with Gasteiger partial charge in [-0.1, -0.05) is 29.8 Å². The minimum atomic E-state index is -1.35. The fraction of sp³-hybridized carbons (Fsp3) is 0.286. The number of carbonyl (C=O) groups is 2. The highest BCUT2D eigenvalue weighted by Gasteiger charge is 2.15. The molecule has 1 aromatic carbocycles. The van der Waals surface area contributed by atoms with Crippen LogP contribution in [0.3, 0.4) is 0 Å². The zero-order valence-corrected chi connectivity index (χ0v) is 10.9. The minimum absolute atomic E-state index is 0.177. The van der Waals surface area contributed by atoms with Gasteiger partial charge in [0, 0.05) is 6.08 Å². The summed E-state index contributed by atoms with van der Waals surface area (Å²) in [5.74, 6) is -1.16. The second-order valence-corrected chi connectivity index (χ2v) is 4.03. The quantitative estimate of drug-likeness (QED) is 0.604. The van der Waals surface area contributed by atoms with Gasteiger partial charge in [-0.2, -0.15) is 0 Å². The second-order valence-electron chi connectivity index (χ2n) is 4.03. The Hall–Kier alpha value is -2.14. The molecule has 0 radical (unpaired) electrons. The molecule has 102 valence electrons. The molecule has 0 aliphatic carbocycles. The van der Waals surface area contributed by atoms with Crippen LogP contribution in [-0.2, 0) is 14.3 Å². The summed E-state index contributed by atoms with van der Waals surface area (Å²) < 4.78 is 4.33. The molecule has 1 rings (SSSR count). The van der Waals surface area contributed by atoms with Gasteiger partial charge in [0.2, 0.25) is 5.91 Å². The number of amides is 1. The molecular formula is C14H17NO4. The Morgan fingerprint density at radius 1 is 1.37 bits per heavy atom. The number of aryl methyl sites for hydroxylation is 1. The average molecular weight is 263 g/mol. The topological polar surface area (TPSA) is 75.6 Å².